The van der Waals surface area contributed by atoms with Gasteiger partial charge in [-0.25, -0.2) is 8.78 Å². The van der Waals surface area contributed by atoms with Crippen LogP contribution in [0, 0.1) is 29.9 Å². The molecule has 0 radical (unpaired) electrons. The van der Waals surface area contributed by atoms with E-state index in [1.54, 1.807) is 19.1 Å². The van der Waals surface area contributed by atoms with E-state index in [9.17, 15) is 8.78 Å². The largest absolute Gasteiger partial charge is 0.310 e. The molecule has 1 unspecified atom stereocenters. The molecule has 21 heavy (non-hydrogen) atoms. The molecule has 3 heteroatoms. The minimum absolute atomic E-state index is 0.0822. The average molecular weight is 295 g/mol. The third kappa shape index (κ3) is 3.63. The van der Waals surface area contributed by atoms with E-state index >= 15 is 0 Å². The van der Waals surface area contributed by atoms with Gasteiger partial charge in [0, 0.05) is 11.6 Å². The zero-order valence-electron chi connectivity index (χ0n) is 13.6. The highest BCUT2D eigenvalue weighted by atomic mass is 19.2. The second kappa shape index (κ2) is 6.43. The summed E-state index contributed by atoms with van der Waals surface area (Å²) in [5.74, 6) is -0.994. The lowest BCUT2D eigenvalue weighted by atomic mass is 9.70. The average Bonchev–Trinajstić information content (AvgIpc) is 2.44. The summed E-state index contributed by atoms with van der Waals surface area (Å²) in [5.41, 5.74) is 1.24. The molecule has 0 aromatic heterocycles. The number of benzene rings is 1. The van der Waals surface area contributed by atoms with Gasteiger partial charge in [-0.1, -0.05) is 32.9 Å². The first-order valence-corrected chi connectivity index (χ1v) is 8.03. The van der Waals surface area contributed by atoms with Gasteiger partial charge in [0.1, 0.15) is 0 Å². The van der Waals surface area contributed by atoms with Crippen LogP contribution in [0.5, 0.6) is 0 Å². The highest BCUT2D eigenvalue weighted by molar-refractivity contribution is 5.28. The van der Waals surface area contributed by atoms with Crippen LogP contribution in [0.3, 0.4) is 0 Å². The maximum absolute atomic E-state index is 14.3. The van der Waals surface area contributed by atoms with Crippen LogP contribution in [-0.2, 0) is 0 Å². The summed E-state index contributed by atoms with van der Waals surface area (Å²) in [4.78, 5) is 0. The fraction of sp³-hybridized carbons (Fsp3) is 0.667. The minimum Gasteiger partial charge on any atom is -0.310 e. The van der Waals surface area contributed by atoms with E-state index in [1.807, 2.05) is 6.92 Å². The third-order valence-corrected chi connectivity index (χ3v) is 4.92. The Bertz CT molecular complexity index is 486. The van der Waals surface area contributed by atoms with E-state index in [4.69, 9.17) is 0 Å². The summed E-state index contributed by atoms with van der Waals surface area (Å²) in [5, 5.41) is 3.38. The SMILES string of the molecule is CCNC(c1ccc(C)c(F)c1F)C1CCC(C)(C)CC1. The lowest BCUT2D eigenvalue weighted by molar-refractivity contribution is 0.160. The van der Waals surface area contributed by atoms with Gasteiger partial charge in [0.25, 0.3) is 0 Å². The Balaban J connectivity index is 2.26. The highest BCUT2D eigenvalue weighted by Crippen LogP contribution is 2.43. The van der Waals surface area contributed by atoms with Crippen LogP contribution in [0.4, 0.5) is 8.78 Å². The molecule has 2 rings (SSSR count). The number of aryl methyl sites for hydroxylation is 1. The normalized spacial score (nSPS) is 20.5. The van der Waals surface area contributed by atoms with Gasteiger partial charge in [0.15, 0.2) is 11.6 Å². The molecule has 0 aliphatic heterocycles. The predicted molar refractivity (Wildman–Crippen MR) is 83.3 cm³/mol. The molecule has 1 atom stereocenters. The van der Waals surface area contributed by atoms with E-state index in [1.165, 1.54) is 0 Å². The minimum atomic E-state index is -0.702. The second-order valence-corrected chi connectivity index (χ2v) is 7.14. The molecular formula is C18H27F2N. The predicted octanol–water partition coefficient (Wildman–Crippen LogP) is 5.14. The van der Waals surface area contributed by atoms with Gasteiger partial charge in [0.2, 0.25) is 0 Å². The zero-order chi connectivity index (χ0) is 15.6. The number of nitrogens with one attached hydrogen (secondary N) is 1. The molecule has 1 saturated carbocycles. The first-order chi connectivity index (χ1) is 9.85. The molecule has 0 saturated heterocycles. The molecule has 0 bridgehead atoms. The fourth-order valence-corrected chi connectivity index (χ4v) is 3.41. The lowest BCUT2D eigenvalue weighted by Gasteiger charge is -2.38. The van der Waals surface area contributed by atoms with Gasteiger partial charge in [-0.05, 0) is 56.0 Å². The molecule has 118 valence electrons. The van der Waals surface area contributed by atoms with Crippen LogP contribution in [0.15, 0.2) is 12.1 Å². The standard InChI is InChI=1S/C18H27F2N/c1-5-21-17(13-8-10-18(3,4)11-9-13)14-7-6-12(2)15(19)16(14)20/h6-7,13,17,21H,5,8-11H2,1-4H3. The van der Waals surface area contributed by atoms with Gasteiger partial charge in [-0.2, -0.15) is 0 Å². The van der Waals surface area contributed by atoms with Gasteiger partial charge in [0.05, 0.1) is 0 Å². The summed E-state index contributed by atoms with van der Waals surface area (Å²) >= 11 is 0. The topological polar surface area (TPSA) is 12.0 Å². The van der Waals surface area contributed by atoms with Crippen LogP contribution in [0.25, 0.3) is 0 Å². The van der Waals surface area contributed by atoms with Gasteiger partial charge in [-0.3, -0.25) is 0 Å². The van der Waals surface area contributed by atoms with Crippen molar-refractivity contribution < 1.29 is 8.78 Å². The molecule has 1 nitrogen and oxygen atoms in total. The van der Waals surface area contributed by atoms with E-state index in [0.717, 1.165) is 32.2 Å². The van der Waals surface area contributed by atoms with Crippen LogP contribution in [0.1, 0.15) is 63.6 Å². The van der Waals surface area contributed by atoms with Gasteiger partial charge in [-0.15, -0.1) is 0 Å². The van der Waals surface area contributed by atoms with Gasteiger partial charge >= 0.3 is 0 Å². The van der Waals surface area contributed by atoms with Crippen LogP contribution in [-0.4, -0.2) is 6.54 Å². The molecule has 1 aliphatic carbocycles. The van der Waals surface area contributed by atoms with Crippen LogP contribution >= 0.6 is 0 Å². The molecule has 1 aromatic carbocycles. The van der Waals surface area contributed by atoms with Crippen molar-refractivity contribution in [2.45, 2.75) is 59.4 Å². The first kappa shape index (κ1) is 16.4. The monoisotopic (exact) mass is 295 g/mol. The molecule has 1 aromatic rings. The van der Waals surface area contributed by atoms with Crippen LogP contribution < -0.4 is 5.32 Å². The Kier molecular flexibility index (Phi) is 5.03. The molecule has 0 amide bonds. The molecule has 1 N–H and O–H groups in total. The highest BCUT2D eigenvalue weighted by Gasteiger charge is 2.33. The smallest absolute Gasteiger partial charge is 0.163 e. The van der Waals surface area contributed by atoms with Gasteiger partial charge < -0.3 is 5.32 Å². The Labute approximate surface area is 127 Å². The number of halogens is 2. The first-order valence-electron chi connectivity index (χ1n) is 8.03. The van der Waals surface area contributed by atoms with E-state index < -0.39 is 11.6 Å². The second-order valence-electron chi connectivity index (χ2n) is 7.14. The number of hydrogen-bond acceptors (Lipinski definition) is 1. The molecule has 1 aliphatic rings. The Hall–Kier alpha value is -0.960. The van der Waals surface area contributed by atoms with E-state index in [2.05, 4.69) is 19.2 Å². The van der Waals surface area contributed by atoms with Crippen molar-refractivity contribution in [1.82, 2.24) is 5.32 Å². The summed E-state index contributed by atoms with van der Waals surface area (Å²) in [6, 6.07) is 3.35. The molecule has 1 fully saturated rings. The maximum atomic E-state index is 14.3. The van der Waals surface area contributed by atoms with Crippen molar-refractivity contribution >= 4 is 0 Å². The van der Waals surface area contributed by atoms with E-state index in [-0.39, 0.29) is 6.04 Å². The van der Waals surface area contributed by atoms with Crippen molar-refractivity contribution in [3.63, 3.8) is 0 Å². The maximum Gasteiger partial charge on any atom is 0.163 e. The van der Waals surface area contributed by atoms with Crippen molar-refractivity contribution in [3.05, 3.63) is 34.9 Å². The van der Waals surface area contributed by atoms with Crippen LogP contribution in [0.2, 0.25) is 0 Å². The number of rotatable bonds is 4. The quantitative estimate of drug-likeness (QED) is 0.811. The Morgan fingerprint density at radius 2 is 1.81 bits per heavy atom. The van der Waals surface area contributed by atoms with Crippen molar-refractivity contribution in [2.24, 2.45) is 11.3 Å². The number of hydrogen-bond donors (Lipinski definition) is 1. The summed E-state index contributed by atoms with van der Waals surface area (Å²) in [7, 11) is 0. The van der Waals surface area contributed by atoms with E-state index in [0.29, 0.717) is 22.5 Å². The molecular weight excluding hydrogens is 268 g/mol. The van der Waals surface area contributed by atoms with Crippen molar-refractivity contribution in [3.8, 4) is 0 Å². The lowest BCUT2D eigenvalue weighted by Crippen LogP contribution is -2.33. The summed E-state index contributed by atoms with van der Waals surface area (Å²) in [6.07, 6.45) is 4.43. The Morgan fingerprint density at radius 3 is 2.38 bits per heavy atom. The molecule has 0 spiro atoms. The Morgan fingerprint density at radius 1 is 1.19 bits per heavy atom. The summed E-state index contributed by atoms with van der Waals surface area (Å²) < 4.78 is 28.2. The van der Waals surface area contributed by atoms with Crippen molar-refractivity contribution in [2.75, 3.05) is 6.54 Å². The molecule has 0 heterocycles. The van der Waals surface area contributed by atoms with Crippen molar-refractivity contribution in [1.29, 1.82) is 0 Å². The fourth-order valence-electron chi connectivity index (χ4n) is 3.41. The third-order valence-electron chi connectivity index (χ3n) is 4.92. The zero-order valence-corrected chi connectivity index (χ0v) is 13.6. The summed E-state index contributed by atoms with van der Waals surface area (Å²) in [6.45, 7) is 8.96.